The zero-order valence-electron chi connectivity index (χ0n) is 10.0. The van der Waals surface area contributed by atoms with Gasteiger partial charge in [0.15, 0.2) is 11.5 Å². The average Bonchev–Trinajstić information content (AvgIpc) is 3.11. The second kappa shape index (κ2) is 5.61. The van der Waals surface area contributed by atoms with Crippen LogP contribution in [0.2, 0.25) is 5.02 Å². The fourth-order valence-electron chi connectivity index (χ4n) is 1.77. The van der Waals surface area contributed by atoms with E-state index in [9.17, 15) is 0 Å². The maximum Gasteiger partial charge on any atom is 0.164 e. The Balaban J connectivity index is 2.22. The molecule has 1 saturated carbocycles. The summed E-state index contributed by atoms with van der Waals surface area (Å²) < 4.78 is 11.2. The molecule has 0 radical (unpaired) electrons. The first kappa shape index (κ1) is 12.5. The van der Waals surface area contributed by atoms with Gasteiger partial charge in [-0.2, -0.15) is 0 Å². The maximum absolute atomic E-state index is 6.04. The lowest BCUT2D eigenvalue weighted by molar-refractivity contribution is 0.277. The molecule has 1 aromatic rings. The highest BCUT2D eigenvalue weighted by molar-refractivity contribution is 6.30. The van der Waals surface area contributed by atoms with Gasteiger partial charge in [0.05, 0.1) is 13.7 Å². The molecule has 0 aliphatic heterocycles. The molecule has 17 heavy (non-hydrogen) atoms. The molecule has 2 rings (SSSR count). The van der Waals surface area contributed by atoms with E-state index in [0.29, 0.717) is 23.2 Å². The molecule has 1 aromatic carbocycles. The van der Waals surface area contributed by atoms with E-state index in [1.807, 2.05) is 6.07 Å². The van der Waals surface area contributed by atoms with Gasteiger partial charge in [-0.05, 0) is 37.8 Å². The summed E-state index contributed by atoms with van der Waals surface area (Å²) in [5.74, 6) is 2.21. The predicted octanol–water partition coefficient (Wildman–Crippen LogP) is 2.64. The molecule has 0 aromatic heterocycles. The number of methoxy groups -OCH3 is 1. The average molecular weight is 256 g/mol. The molecule has 0 unspecified atom stereocenters. The summed E-state index contributed by atoms with van der Waals surface area (Å²) in [6.45, 7) is 1.33. The highest BCUT2D eigenvalue weighted by atomic mass is 35.5. The summed E-state index contributed by atoms with van der Waals surface area (Å²) in [5, 5.41) is 0.657. The third-order valence-corrected chi connectivity index (χ3v) is 3.11. The molecular formula is C13H18ClNO2. The molecule has 0 spiro atoms. The Morgan fingerprint density at radius 3 is 2.76 bits per heavy atom. The van der Waals surface area contributed by atoms with Crippen LogP contribution in [0.25, 0.3) is 0 Å². The molecule has 94 valence electrons. The zero-order valence-corrected chi connectivity index (χ0v) is 10.8. The van der Waals surface area contributed by atoms with E-state index in [1.165, 1.54) is 12.8 Å². The lowest BCUT2D eigenvalue weighted by atomic mass is 10.1. The number of rotatable bonds is 6. The predicted molar refractivity (Wildman–Crippen MR) is 69.0 cm³/mol. The number of ether oxygens (including phenoxy) is 2. The van der Waals surface area contributed by atoms with Gasteiger partial charge < -0.3 is 15.2 Å². The number of benzene rings is 1. The van der Waals surface area contributed by atoms with Crippen molar-refractivity contribution in [2.75, 3.05) is 20.3 Å². The number of hydrogen-bond acceptors (Lipinski definition) is 3. The molecule has 0 bridgehead atoms. The monoisotopic (exact) mass is 255 g/mol. The summed E-state index contributed by atoms with van der Waals surface area (Å²) in [6, 6.07) is 3.68. The van der Waals surface area contributed by atoms with Crippen LogP contribution in [0.15, 0.2) is 12.1 Å². The Morgan fingerprint density at radius 1 is 1.41 bits per heavy atom. The van der Waals surface area contributed by atoms with Gasteiger partial charge in [0.25, 0.3) is 0 Å². The van der Waals surface area contributed by atoms with Crippen molar-refractivity contribution in [2.45, 2.75) is 19.3 Å². The Labute approximate surface area is 107 Å². The Bertz CT molecular complexity index is 391. The fourth-order valence-corrected chi connectivity index (χ4v) is 2.00. The highest BCUT2D eigenvalue weighted by Gasteiger charge is 2.23. The fraction of sp³-hybridized carbons (Fsp3) is 0.538. The van der Waals surface area contributed by atoms with Crippen LogP contribution in [-0.4, -0.2) is 20.3 Å². The summed E-state index contributed by atoms with van der Waals surface area (Å²) >= 11 is 6.04. The van der Waals surface area contributed by atoms with Crippen molar-refractivity contribution in [3.8, 4) is 11.5 Å². The normalized spacial score (nSPS) is 14.8. The summed E-state index contributed by atoms with van der Waals surface area (Å²) in [6.07, 6.45) is 3.28. The quantitative estimate of drug-likeness (QED) is 0.850. The third kappa shape index (κ3) is 3.27. The minimum atomic E-state index is 0.573. The van der Waals surface area contributed by atoms with Crippen molar-refractivity contribution in [2.24, 2.45) is 11.7 Å². The molecule has 0 saturated heterocycles. The van der Waals surface area contributed by atoms with Crippen molar-refractivity contribution in [3.05, 3.63) is 22.7 Å². The van der Waals surface area contributed by atoms with E-state index in [0.717, 1.165) is 24.3 Å². The molecule has 0 amide bonds. The zero-order chi connectivity index (χ0) is 12.3. The Hall–Kier alpha value is -0.930. The van der Waals surface area contributed by atoms with Crippen LogP contribution in [0.4, 0.5) is 0 Å². The van der Waals surface area contributed by atoms with Crippen molar-refractivity contribution < 1.29 is 9.47 Å². The highest BCUT2D eigenvalue weighted by Crippen LogP contribution is 2.37. The third-order valence-electron chi connectivity index (χ3n) is 2.89. The van der Waals surface area contributed by atoms with E-state index in [1.54, 1.807) is 13.2 Å². The van der Waals surface area contributed by atoms with Crippen molar-refractivity contribution in [3.63, 3.8) is 0 Å². The van der Waals surface area contributed by atoms with Gasteiger partial charge in [-0.15, -0.1) is 0 Å². The molecule has 2 N–H and O–H groups in total. The standard InChI is InChI=1S/C13H18ClNO2/c1-16-12-7-11(14)6-10(4-5-15)13(12)17-8-9-2-3-9/h6-7,9H,2-5,8,15H2,1H3. The van der Waals surface area contributed by atoms with E-state index in [4.69, 9.17) is 26.8 Å². The second-order valence-corrected chi connectivity index (χ2v) is 4.83. The van der Waals surface area contributed by atoms with Gasteiger partial charge in [-0.3, -0.25) is 0 Å². The molecule has 4 heteroatoms. The SMILES string of the molecule is COc1cc(Cl)cc(CCN)c1OCC1CC1. The largest absolute Gasteiger partial charge is 0.493 e. The van der Waals surface area contributed by atoms with Gasteiger partial charge in [0, 0.05) is 16.7 Å². The van der Waals surface area contributed by atoms with Gasteiger partial charge in [-0.1, -0.05) is 11.6 Å². The van der Waals surface area contributed by atoms with Crippen molar-refractivity contribution in [1.82, 2.24) is 0 Å². The molecule has 0 heterocycles. The van der Waals surface area contributed by atoms with Crippen LogP contribution in [0.3, 0.4) is 0 Å². The van der Waals surface area contributed by atoms with Gasteiger partial charge in [-0.25, -0.2) is 0 Å². The first-order valence-corrected chi connectivity index (χ1v) is 6.31. The molecule has 1 aliphatic carbocycles. The lowest BCUT2D eigenvalue weighted by Crippen LogP contribution is -2.08. The van der Waals surface area contributed by atoms with Crippen LogP contribution in [0, 0.1) is 5.92 Å². The van der Waals surface area contributed by atoms with E-state index in [-0.39, 0.29) is 0 Å². The smallest absolute Gasteiger partial charge is 0.164 e. The molecule has 1 aliphatic rings. The minimum absolute atomic E-state index is 0.573. The summed E-state index contributed by atoms with van der Waals surface area (Å²) in [5.41, 5.74) is 6.63. The van der Waals surface area contributed by atoms with Crippen LogP contribution in [-0.2, 0) is 6.42 Å². The van der Waals surface area contributed by atoms with E-state index in [2.05, 4.69) is 0 Å². The molecule has 0 atom stereocenters. The van der Waals surface area contributed by atoms with Crippen LogP contribution in [0.5, 0.6) is 11.5 Å². The summed E-state index contributed by atoms with van der Waals surface area (Å²) in [7, 11) is 1.63. The number of nitrogens with two attached hydrogens (primary N) is 1. The minimum Gasteiger partial charge on any atom is -0.493 e. The number of halogens is 1. The van der Waals surface area contributed by atoms with Crippen molar-refractivity contribution >= 4 is 11.6 Å². The first-order valence-electron chi connectivity index (χ1n) is 5.94. The first-order chi connectivity index (χ1) is 8.24. The van der Waals surface area contributed by atoms with Crippen LogP contribution in [0.1, 0.15) is 18.4 Å². The molecular weight excluding hydrogens is 238 g/mol. The van der Waals surface area contributed by atoms with E-state index < -0.39 is 0 Å². The molecule has 1 fully saturated rings. The van der Waals surface area contributed by atoms with Crippen LogP contribution >= 0.6 is 11.6 Å². The molecule has 3 nitrogen and oxygen atoms in total. The Kier molecular flexibility index (Phi) is 4.13. The van der Waals surface area contributed by atoms with Crippen LogP contribution < -0.4 is 15.2 Å². The van der Waals surface area contributed by atoms with Crippen molar-refractivity contribution in [1.29, 1.82) is 0 Å². The van der Waals surface area contributed by atoms with Gasteiger partial charge in [0.1, 0.15) is 0 Å². The number of hydrogen-bond donors (Lipinski definition) is 1. The van der Waals surface area contributed by atoms with Gasteiger partial charge >= 0.3 is 0 Å². The second-order valence-electron chi connectivity index (χ2n) is 4.39. The maximum atomic E-state index is 6.04. The van der Waals surface area contributed by atoms with Gasteiger partial charge in [0.2, 0.25) is 0 Å². The lowest BCUT2D eigenvalue weighted by Gasteiger charge is -2.15. The summed E-state index contributed by atoms with van der Waals surface area (Å²) in [4.78, 5) is 0. The van der Waals surface area contributed by atoms with E-state index >= 15 is 0 Å². The topological polar surface area (TPSA) is 44.5 Å². The Morgan fingerprint density at radius 2 is 2.18 bits per heavy atom.